The van der Waals surface area contributed by atoms with Gasteiger partial charge in [-0.05, 0) is 35.9 Å². The van der Waals surface area contributed by atoms with E-state index in [0.29, 0.717) is 11.4 Å². The van der Waals surface area contributed by atoms with Gasteiger partial charge < -0.3 is 0 Å². The number of nitrogens with zero attached hydrogens (tertiary/aromatic N) is 1. The normalized spacial score (nSPS) is 9.27. The predicted molar refractivity (Wildman–Crippen MR) is 42.0 cm³/mol. The molecule has 2 N–H and O–H groups in total. The lowest BCUT2D eigenvalue weighted by molar-refractivity contribution is 0.389. The van der Waals surface area contributed by atoms with E-state index in [1.807, 2.05) is 5.48 Å². The fourth-order valence-corrected chi connectivity index (χ4v) is 0.827. The standard InChI is InChI=1S/C7H8N2O2/c1-5-4-6(8-10)2-3-7(5)9-11/h2-4,8,10H,1H3. The van der Waals surface area contributed by atoms with Crippen LogP contribution in [0.1, 0.15) is 5.56 Å². The highest BCUT2D eigenvalue weighted by molar-refractivity contribution is 5.55. The smallest absolute Gasteiger partial charge is 0.111 e. The van der Waals surface area contributed by atoms with Crippen molar-refractivity contribution in [3.05, 3.63) is 28.7 Å². The van der Waals surface area contributed by atoms with Gasteiger partial charge in [-0.15, -0.1) is 4.91 Å². The summed E-state index contributed by atoms with van der Waals surface area (Å²) in [5, 5.41) is 11.3. The van der Waals surface area contributed by atoms with E-state index in [9.17, 15) is 4.91 Å². The first kappa shape index (κ1) is 7.68. The summed E-state index contributed by atoms with van der Waals surface area (Å²) in [4.78, 5) is 10.1. The molecule has 11 heavy (non-hydrogen) atoms. The summed E-state index contributed by atoms with van der Waals surface area (Å²) in [5.74, 6) is 0. The third kappa shape index (κ3) is 1.53. The van der Waals surface area contributed by atoms with Crippen molar-refractivity contribution >= 4 is 11.4 Å². The maximum atomic E-state index is 10.1. The Kier molecular flexibility index (Phi) is 2.18. The molecule has 0 unspecified atom stereocenters. The third-order valence-electron chi connectivity index (χ3n) is 1.42. The van der Waals surface area contributed by atoms with Crippen molar-refractivity contribution in [3.8, 4) is 0 Å². The first-order chi connectivity index (χ1) is 5.27. The Morgan fingerprint density at radius 1 is 1.55 bits per heavy atom. The van der Waals surface area contributed by atoms with Crippen LogP contribution in [-0.4, -0.2) is 5.21 Å². The third-order valence-corrected chi connectivity index (χ3v) is 1.42. The van der Waals surface area contributed by atoms with Crippen LogP contribution < -0.4 is 5.48 Å². The summed E-state index contributed by atoms with van der Waals surface area (Å²) in [6.07, 6.45) is 0. The molecular weight excluding hydrogens is 144 g/mol. The highest BCUT2D eigenvalue weighted by Gasteiger charge is 1.97. The Hall–Kier alpha value is -1.42. The van der Waals surface area contributed by atoms with Gasteiger partial charge in [0.1, 0.15) is 5.69 Å². The monoisotopic (exact) mass is 152 g/mol. The molecule has 58 valence electrons. The van der Waals surface area contributed by atoms with E-state index in [1.165, 1.54) is 0 Å². The molecule has 0 saturated heterocycles. The number of anilines is 1. The Morgan fingerprint density at radius 3 is 2.73 bits per heavy atom. The van der Waals surface area contributed by atoms with Crippen molar-refractivity contribution < 1.29 is 5.21 Å². The van der Waals surface area contributed by atoms with E-state index < -0.39 is 0 Å². The molecule has 0 radical (unpaired) electrons. The largest absolute Gasteiger partial charge is 0.291 e. The molecule has 1 rings (SSSR count). The molecule has 4 heteroatoms. The topological polar surface area (TPSA) is 61.7 Å². The quantitative estimate of drug-likeness (QED) is 0.504. The number of nitrogens with one attached hydrogen (secondary N) is 1. The van der Waals surface area contributed by atoms with E-state index in [0.717, 1.165) is 5.56 Å². The van der Waals surface area contributed by atoms with Crippen LogP contribution in [0.4, 0.5) is 11.4 Å². The summed E-state index contributed by atoms with van der Waals surface area (Å²) in [6, 6.07) is 4.75. The van der Waals surface area contributed by atoms with Crippen LogP contribution in [0.5, 0.6) is 0 Å². The number of nitroso groups, excluding NO2 is 1. The fraction of sp³-hybridized carbons (Fsp3) is 0.143. The second kappa shape index (κ2) is 3.12. The first-order valence-corrected chi connectivity index (χ1v) is 3.12. The molecule has 0 aliphatic rings. The van der Waals surface area contributed by atoms with E-state index in [-0.39, 0.29) is 0 Å². The second-order valence-corrected chi connectivity index (χ2v) is 2.20. The van der Waals surface area contributed by atoms with Gasteiger partial charge in [0.2, 0.25) is 0 Å². The summed E-state index contributed by atoms with van der Waals surface area (Å²) in [7, 11) is 0. The van der Waals surface area contributed by atoms with Crippen LogP contribution in [0.2, 0.25) is 0 Å². The van der Waals surface area contributed by atoms with E-state index in [4.69, 9.17) is 5.21 Å². The Morgan fingerprint density at radius 2 is 2.27 bits per heavy atom. The van der Waals surface area contributed by atoms with Gasteiger partial charge in [-0.1, -0.05) is 0 Å². The van der Waals surface area contributed by atoms with E-state index >= 15 is 0 Å². The number of benzene rings is 1. The summed E-state index contributed by atoms with van der Waals surface area (Å²) >= 11 is 0. The van der Waals surface area contributed by atoms with Crippen molar-refractivity contribution in [2.45, 2.75) is 6.92 Å². The van der Waals surface area contributed by atoms with Crippen LogP contribution in [0.25, 0.3) is 0 Å². The van der Waals surface area contributed by atoms with Crippen molar-refractivity contribution in [2.75, 3.05) is 5.48 Å². The molecule has 0 saturated carbocycles. The van der Waals surface area contributed by atoms with Crippen LogP contribution in [0.3, 0.4) is 0 Å². The molecule has 0 aromatic heterocycles. The summed E-state index contributed by atoms with van der Waals surface area (Å²) in [6.45, 7) is 1.75. The molecule has 0 atom stereocenters. The van der Waals surface area contributed by atoms with Crippen molar-refractivity contribution in [3.63, 3.8) is 0 Å². The van der Waals surface area contributed by atoms with Crippen LogP contribution >= 0.6 is 0 Å². The van der Waals surface area contributed by atoms with Gasteiger partial charge in [0.05, 0.1) is 5.69 Å². The van der Waals surface area contributed by atoms with E-state index in [1.54, 1.807) is 25.1 Å². The second-order valence-electron chi connectivity index (χ2n) is 2.20. The lowest BCUT2D eigenvalue weighted by Gasteiger charge is -2.00. The molecule has 0 bridgehead atoms. The van der Waals surface area contributed by atoms with Crippen molar-refractivity contribution in [1.29, 1.82) is 0 Å². The molecular formula is C7H8N2O2. The van der Waals surface area contributed by atoms with Gasteiger partial charge in [-0.25, -0.2) is 0 Å². The van der Waals surface area contributed by atoms with Crippen molar-refractivity contribution in [1.82, 2.24) is 0 Å². The number of aryl methyl sites for hydroxylation is 1. The molecule has 1 aromatic rings. The zero-order valence-electron chi connectivity index (χ0n) is 6.03. The molecule has 0 aliphatic heterocycles. The van der Waals surface area contributed by atoms with Gasteiger partial charge in [-0.2, -0.15) is 0 Å². The minimum Gasteiger partial charge on any atom is -0.291 e. The van der Waals surface area contributed by atoms with Crippen LogP contribution in [0, 0.1) is 11.8 Å². The number of rotatable bonds is 2. The SMILES string of the molecule is Cc1cc(NO)ccc1N=O. The zero-order valence-corrected chi connectivity index (χ0v) is 6.03. The Bertz CT molecular complexity index is 273. The van der Waals surface area contributed by atoms with Gasteiger partial charge in [0.15, 0.2) is 0 Å². The van der Waals surface area contributed by atoms with Gasteiger partial charge >= 0.3 is 0 Å². The minimum atomic E-state index is 0.393. The number of hydrogen-bond acceptors (Lipinski definition) is 4. The van der Waals surface area contributed by atoms with Crippen molar-refractivity contribution in [2.24, 2.45) is 5.18 Å². The average molecular weight is 152 g/mol. The van der Waals surface area contributed by atoms with Gasteiger partial charge in [-0.3, -0.25) is 10.7 Å². The molecule has 0 fully saturated rings. The zero-order chi connectivity index (χ0) is 8.27. The maximum absolute atomic E-state index is 10.1. The average Bonchev–Trinajstić information content (AvgIpc) is 2.04. The highest BCUT2D eigenvalue weighted by Crippen LogP contribution is 2.21. The molecule has 0 spiro atoms. The Balaban J connectivity index is 3.09. The molecule has 0 aliphatic carbocycles. The predicted octanol–water partition coefficient (Wildman–Crippen LogP) is 2.19. The van der Waals surface area contributed by atoms with Crippen LogP contribution in [0.15, 0.2) is 23.4 Å². The summed E-state index contributed by atoms with van der Waals surface area (Å²) < 4.78 is 0. The fourth-order valence-electron chi connectivity index (χ4n) is 0.827. The van der Waals surface area contributed by atoms with Gasteiger partial charge in [0.25, 0.3) is 0 Å². The molecule has 0 amide bonds. The summed E-state index contributed by atoms with van der Waals surface area (Å²) in [5.41, 5.74) is 3.65. The lowest BCUT2D eigenvalue weighted by atomic mass is 10.2. The number of hydrogen-bond donors (Lipinski definition) is 2. The Labute approximate surface area is 63.8 Å². The molecule has 0 heterocycles. The highest BCUT2D eigenvalue weighted by atomic mass is 16.5. The van der Waals surface area contributed by atoms with Gasteiger partial charge in [0, 0.05) is 0 Å². The molecule has 4 nitrogen and oxygen atoms in total. The molecule has 1 aromatic carbocycles. The maximum Gasteiger partial charge on any atom is 0.111 e. The van der Waals surface area contributed by atoms with Crippen LogP contribution in [-0.2, 0) is 0 Å². The van der Waals surface area contributed by atoms with E-state index in [2.05, 4.69) is 5.18 Å². The lowest BCUT2D eigenvalue weighted by Crippen LogP contribution is -1.88. The minimum absolute atomic E-state index is 0.393. The first-order valence-electron chi connectivity index (χ1n) is 3.12.